The molecule has 0 aliphatic heterocycles. The Morgan fingerprint density at radius 1 is 0.706 bits per heavy atom. The highest BCUT2D eigenvalue weighted by atomic mass is 31.1. The van der Waals surface area contributed by atoms with Gasteiger partial charge in [0, 0.05) is 0 Å². The lowest BCUT2D eigenvalue weighted by Crippen LogP contribution is -2.07. The Bertz CT molecular complexity index is 137. The highest BCUT2D eigenvalue weighted by Crippen LogP contribution is 2.41. The van der Waals surface area contributed by atoms with E-state index in [9.17, 15) is 12.9 Å². The zero-order valence-electron chi connectivity index (χ0n) is 12.0. The van der Waals surface area contributed by atoms with Gasteiger partial charge in [-0.15, -0.1) is 7.92 Å². The second-order valence-corrected chi connectivity index (χ2v) is 8.08. The lowest BCUT2D eigenvalue weighted by atomic mass is 10.3. The topological polar surface area (TPSA) is 0 Å². The normalized spacial score (nSPS) is 11.1. The number of rotatable bonds is 6. The average Bonchev–Trinajstić information content (AvgIpc) is 1.96. The Hall–Kier alpha value is 0.285. The Balaban J connectivity index is 0. The minimum Gasteiger partial charge on any atom is -0.254 e. The summed E-state index contributed by atoms with van der Waals surface area (Å²) in [5.74, 6) is 2.68. The van der Waals surface area contributed by atoms with Gasteiger partial charge in [0.2, 0.25) is 0 Å². The van der Waals surface area contributed by atoms with E-state index in [2.05, 4.69) is 41.5 Å². The summed E-state index contributed by atoms with van der Waals surface area (Å²) in [6, 6.07) is 0. The Morgan fingerprint density at radius 3 is 1.00 bits per heavy atom. The highest BCUT2D eigenvalue weighted by molar-refractivity contribution is 7.57. The third-order valence-corrected chi connectivity index (χ3v) is 5.61. The molecule has 0 bridgehead atoms. The molecule has 17 heavy (non-hydrogen) atoms. The molecule has 0 aromatic carbocycles. The predicted molar refractivity (Wildman–Crippen MR) is 75.1 cm³/mol. The van der Waals surface area contributed by atoms with E-state index in [1.807, 2.05) is 0 Å². The van der Waals surface area contributed by atoms with Crippen LogP contribution >= 0.6 is 7.92 Å². The molecule has 0 aromatic rings. The lowest BCUT2D eigenvalue weighted by Gasteiger charge is -2.23. The van der Waals surface area contributed by atoms with Crippen molar-refractivity contribution >= 4 is 15.5 Å². The highest BCUT2D eigenvalue weighted by Gasteiger charge is 2.13. The molecule has 0 fully saturated rings. The van der Waals surface area contributed by atoms with E-state index in [0.29, 0.717) is 7.92 Å². The van der Waals surface area contributed by atoms with Crippen molar-refractivity contribution in [3.05, 3.63) is 0 Å². The van der Waals surface area contributed by atoms with Crippen LogP contribution in [0.4, 0.5) is 12.9 Å². The van der Waals surface area contributed by atoms with Gasteiger partial charge in [-0.2, -0.15) is 0 Å². The molecule has 0 nitrogen and oxygen atoms in total. The van der Waals surface area contributed by atoms with Gasteiger partial charge in [0.25, 0.3) is 0 Å². The van der Waals surface area contributed by atoms with Crippen LogP contribution in [-0.2, 0) is 0 Å². The molecule has 0 unspecified atom stereocenters. The fourth-order valence-electron chi connectivity index (χ4n) is 1.77. The molecular formula is C12H27BF3P. The van der Waals surface area contributed by atoms with E-state index in [1.54, 1.807) is 0 Å². The minimum atomic E-state index is -3.67. The van der Waals surface area contributed by atoms with E-state index in [1.165, 1.54) is 18.5 Å². The fourth-order valence-corrected chi connectivity index (χ4v) is 5.32. The quantitative estimate of drug-likeness (QED) is 0.453. The summed E-state index contributed by atoms with van der Waals surface area (Å²) < 4.78 is 29.0. The Labute approximate surface area is 107 Å². The first kappa shape index (κ1) is 19.6. The molecule has 0 atom stereocenters. The molecule has 5 heteroatoms. The van der Waals surface area contributed by atoms with E-state index in [-0.39, 0.29) is 0 Å². The third kappa shape index (κ3) is 22.0. The minimum absolute atomic E-state index is 0.321. The SMILES string of the molecule is CC(C)CP(CC(C)C)CC(C)C.FB(F)F. The summed E-state index contributed by atoms with van der Waals surface area (Å²) in [4.78, 5) is 0. The maximum Gasteiger partial charge on any atom is 0.762 e. The maximum absolute atomic E-state index is 9.67. The van der Waals surface area contributed by atoms with Crippen LogP contribution in [0.25, 0.3) is 0 Å². The lowest BCUT2D eigenvalue weighted by molar-refractivity contribution is 0.535. The molecule has 0 saturated heterocycles. The van der Waals surface area contributed by atoms with E-state index in [4.69, 9.17) is 0 Å². The van der Waals surface area contributed by atoms with E-state index in [0.717, 1.165) is 17.8 Å². The maximum atomic E-state index is 9.67. The number of hydrogen-bond acceptors (Lipinski definition) is 0. The van der Waals surface area contributed by atoms with Crippen molar-refractivity contribution in [2.45, 2.75) is 41.5 Å². The molecule has 0 aliphatic rings. The van der Waals surface area contributed by atoms with Crippen LogP contribution in [0.3, 0.4) is 0 Å². The van der Waals surface area contributed by atoms with Crippen LogP contribution in [0.15, 0.2) is 0 Å². The van der Waals surface area contributed by atoms with Crippen LogP contribution in [-0.4, -0.2) is 26.0 Å². The first-order valence-corrected chi connectivity index (χ1v) is 8.19. The molecule has 0 aliphatic carbocycles. The zero-order chi connectivity index (χ0) is 14.0. The van der Waals surface area contributed by atoms with Crippen LogP contribution in [0, 0.1) is 17.8 Å². The second-order valence-electron chi connectivity index (χ2n) is 5.65. The molecule has 0 saturated carbocycles. The molecule has 0 heterocycles. The molecule has 0 amide bonds. The number of hydrogen-bond donors (Lipinski definition) is 0. The molecule has 0 spiro atoms. The zero-order valence-corrected chi connectivity index (χ0v) is 12.9. The summed E-state index contributed by atoms with van der Waals surface area (Å²) in [7, 11) is -3.35. The summed E-state index contributed by atoms with van der Waals surface area (Å²) in [6.45, 7) is 14.1. The Kier molecular flexibility index (Phi) is 13.1. The first-order valence-electron chi connectivity index (χ1n) is 6.29. The second kappa shape index (κ2) is 11.4. The van der Waals surface area contributed by atoms with Crippen molar-refractivity contribution in [1.82, 2.24) is 0 Å². The van der Waals surface area contributed by atoms with Gasteiger partial charge in [-0.25, -0.2) is 0 Å². The summed E-state index contributed by atoms with van der Waals surface area (Å²) in [6.07, 6.45) is 4.43. The van der Waals surface area contributed by atoms with Crippen molar-refractivity contribution < 1.29 is 12.9 Å². The predicted octanol–water partition coefficient (Wildman–Crippen LogP) is 5.32. The van der Waals surface area contributed by atoms with Gasteiger partial charge in [0.15, 0.2) is 0 Å². The summed E-state index contributed by atoms with van der Waals surface area (Å²) in [5.41, 5.74) is 0. The standard InChI is InChI=1S/C12H27P.BF3/c1-10(2)7-13(8-11(3)4)9-12(5)6;2-1(3)4/h10-12H,7-9H2,1-6H3;. The van der Waals surface area contributed by atoms with Gasteiger partial charge in [0.1, 0.15) is 0 Å². The van der Waals surface area contributed by atoms with Crippen LogP contribution in [0.5, 0.6) is 0 Å². The molecule has 0 radical (unpaired) electrons. The van der Waals surface area contributed by atoms with Crippen molar-refractivity contribution in [3.63, 3.8) is 0 Å². The van der Waals surface area contributed by atoms with Gasteiger partial charge in [0.05, 0.1) is 0 Å². The molecule has 104 valence electrons. The van der Waals surface area contributed by atoms with E-state index >= 15 is 0 Å². The van der Waals surface area contributed by atoms with Crippen LogP contribution in [0.2, 0.25) is 0 Å². The van der Waals surface area contributed by atoms with Crippen LogP contribution < -0.4 is 0 Å². The number of halogens is 3. The van der Waals surface area contributed by atoms with Crippen molar-refractivity contribution in [2.24, 2.45) is 17.8 Å². The smallest absolute Gasteiger partial charge is 0.254 e. The Morgan fingerprint density at radius 2 is 0.882 bits per heavy atom. The van der Waals surface area contributed by atoms with Gasteiger partial charge >= 0.3 is 7.54 Å². The largest absolute Gasteiger partial charge is 0.762 e. The molecule has 0 rings (SSSR count). The van der Waals surface area contributed by atoms with Crippen LogP contribution in [0.1, 0.15) is 41.5 Å². The van der Waals surface area contributed by atoms with Crippen molar-refractivity contribution in [2.75, 3.05) is 18.5 Å². The molecular weight excluding hydrogens is 243 g/mol. The monoisotopic (exact) mass is 270 g/mol. The fraction of sp³-hybridized carbons (Fsp3) is 1.00. The first-order chi connectivity index (χ1) is 7.65. The van der Waals surface area contributed by atoms with Gasteiger partial charge in [-0.1, -0.05) is 41.5 Å². The van der Waals surface area contributed by atoms with E-state index < -0.39 is 7.54 Å². The van der Waals surface area contributed by atoms with Gasteiger partial charge < -0.3 is 0 Å². The molecule has 0 aromatic heterocycles. The summed E-state index contributed by atoms with van der Waals surface area (Å²) in [5, 5.41) is 0. The average molecular weight is 270 g/mol. The van der Waals surface area contributed by atoms with Gasteiger partial charge in [-0.05, 0) is 36.2 Å². The third-order valence-electron chi connectivity index (χ3n) is 1.87. The van der Waals surface area contributed by atoms with Crippen molar-refractivity contribution in [3.8, 4) is 0 Å². The molecule has 0 N–H and O–H groups in total. The summed E-state index contributed by atoms with van der Waals surface area (Å²) >= 11 is 0. The van der Waals surface area contributed by atoms with Gasteiger partial charge in [-0.3, -0.25) is 12.9 Å². The van der Waals surface area contributed by atoms with Crippen molar-refractivity contribution in [1.29, 1.82) is 0 Å².